The number of hydrogen-bond acceptors (Lipinski definition) is 4. The van der Waals surface area contributed by atoms with E-state index < -0.39 is 0 Å². The molecule has 64 heavy (non-hydrogen) atoms. The van der Waals surface area contributed by atoms with E-state index in [1.807, 2.05) is 22.7 Å². The Kier molecular flexibility index (Phi) is 9.59. The van der Waals surface area contributed by atoms with Crippen molar-refractivity contribution in [3.8, 4) is 33.4 Å². The summed E-state index contributed by atoms with van der Waals surface area (Å²) in [6.07, 6.45) is 0. The first-order valence-electron chi connectivity index (χ1n) is 21.7. The van der Waals surface area contributed by atoms with Gasteiger partial charge in [-0.1, -0.05) is 164 Å². The van der Waals surface area contributed by atoms with Crippen molar-refractivity contribution in [3.05, 3.63) is 243 Å². The molecular weight excluding hydrogens is 813 g/mol. The van der Waals surface area contributed by atoms with Crippen molar-refractivity contribution < 1.29 is 0 Å². The van der Waals surface area contributed by atoms with Crippen molar-refractivity contribution >= 4 is 97.1 Å². The van der Waals surface area contributed by atoms with Gasteiger partial charge in [0.15, 0.2) is 0 Å². The molecule has 0 bridgehead atoms. The van der Waals surface area contributed by atoms with Gasteiger partial charge in [0.1, 0.15) is 0 Å². The Hall–Kier alpha value is -7.76. The summed E-state index contributed by atoms with van der Waals surface area (Å²) in [5, 5.41) is 5.13. The average Bonchev–Trinajstić information content (AvgIpc) is 3.94. The zero-order chi connectivity index (χ0) is 42.4. The fourth-order valence-corrected chi connectivity index (χ4v) is 11.5. The first-order valence-corrected chi connectivity index (χ1v) is 23.3. The number of para-hydroxylation sites is 1. The fourth-order valence-electron chi connectivity index (χ4n) is 9.15. The van der Waals surface area contributed by atoms with Gasteiger partial charge in [0.2, 0.25) is 0 Å². The van der Waals surface area contributed by atoms with E-state index in [2.05, 4.69) is 252 Å². The Labute approximate surface area is 380 Å². The third kappa shape index (κ3) is 6.90. The van der Waals surface area contributed by atoms with Crippen LogP contribution in [0, 0.1) is 0 Å². The van der Waals surface area contributed by atoms with Crippen LogP contribution in [0.2, 0.25) is 0 Å². The summed E-state index contributed by atoms with van der Waals surface area (Å²) in [7, 11) is 0. The number of thiophene rings is 2. The lowest BCUT2D eigenvalue weighted by molar-refractivity contribution is 1.26. The van der Waals surface area contributed by atoms with E-state index in [1.165, 1.54) is 73.7 Å². The van der Waals surface area contributed by atoms with Gasteiger partial charge in [-0.15, -0.1) is 22.7 Å². The van der Waals surface area contributed by atoms with Gasteiger partial charge in [-0.25, -0.2) is 0 Å². The molecule has 2 nitrogen and oxygen atoms in total. The Bertz CT molecular complexity index is 3580. The molecule has 0 saturated heterocycles. The van der Waals surface area contributed by atoms with Crippen molar-refractivity contribution in [2.75, 3.05) is 9.80 Å². The van der Waals surface area contributed by atoms with Gasteiger partial charge in [-0.05, 0) is 112 Å². The molecule has 302 valence electrons. The molecule has 0 aliphatic heterocycles. The van der Waals surface area contributed by atoms with Crippen molar-refractivity contribution in [3.63, 3.8) is 0 Å². The summed E-state index contributed by atoms with van der Waals surface area (Å²) in [5.41, 5.74) is 13.8. The maximum absolute atomic E-state index is 2.43. The van der Waals surface area contributed by atoms with Crippen LogP contribution >= 0.6 is 22.7 Å². The highest BCUT2D eigenvalue weighted by atomic mass is 32.1. The Balaban J connectivity index is 1.04. The molecule has 12 rings (SSSR count). The van der Waals surface area contributed by atoms with Crippen LogP contribution in [0.1, 0.15) is 0 Å². The summed E-state index contributed by atoms with van der Waals surface area (Å²) >= 11 is 3.72. The molecule has 0 amide bonds. The zero-order valence-electron chi connectivity index (χ0n) is 34.8. The van der Waals surface area contributed by atoms with Gasteiger partial charge in [0.05, 0.1) is 5.69 Å². The predicted molar refractivity (Wildman–Crippen MR) is 278 cm³/mol. The number of nitrogens with zero attached hydrogens (tertiary/aromatic N) is 2. The van der Waals surface area contributed by atoms with Gasteiger partial charge in [-0.3, -0.25) is 0 Å². The van der Waals surface area contributed by atoms with Crippen LogP contribution in [-0.4, -0.2) is 0 Å². The maximum atomic E-state index is 2.43. The molecule has 10 aromatic carbocycles. The van der Waals surface area contributed by atoms with Crippen LogP contribution < -0.4 is 9.80 Å². The Morgan fingerprint density at radius 2 is 0.641 bits per heavy atom. The second kappa shape index (κ2) is 16.2. The highest BCUT2D eigenvalue weighted by molar-refractivity contribution is 7.26. The normalized spacial score (nSPS) is 11.4. The molecule has 0 fully saturated rings. The molecule has 0 saturated carbocycles. The molecule has 12 aromatic rings. The van der Waals surface area contributed by atoms with E-state index in [0.717, 1.165) is 34.1 Å². The third-order valence-electron chi connectivity index (χ3n) is 12.3. The van der Waals surface area contributed by atoms with Crippen molar-refractivity contribution in [2.45, 2.75) is 0 Å². The summed E-state index contributed by atoms with van der Waals surface area (Å²) in [4.78, 5) is 4.85. The highest BCUT2D eigenvalue weighted by Gasteiger charge is 2.23. The Morgan fingerprint density at radius 1 is 0.234 bits per heavy atom. The van der Waals surface area contributed by atoms with E-state index in [9.17, 15) is 0 Å². The second-order valence-electron chi connectivity index (χ2n) is 16.1. The second-order valence-corrected chi connectivity index (χ2v) is 18.3. The molecule has 2 aromatic heterocycles. The lowest BCUT2D eigenvalue weighted by atomic mass is 10.0. The van der Waals surface area contributed by atoms with E-state index >= 15 is 0 Å². The predicted octanol–water partition coefficient (Wildman–Crippen LogP) is 18.4. The molecule has 0 radical (unpaired) electrons. The first-order chi connectivity index (χ1) is 31.7. The van der Waals surface area contributed by atoms with Gasteiger partial charge in [0, 0.05) is 68.8 Å². The molecule has 0 aliphatic rings. The topological polar surface area (TPSA) is 6.48 Å². The van der Waals surface area contributed by atoms with E-state index in [-0.39, 0.29) is 0 Å². The van der Waals surface area contributed by atoms with Crippen molar-refractivity contribution in [1.29, 1.82) is 0 Å². The number of fused-ring (bicyclic) bond motifs is 6. The summed E-state index contributed by atoms with van der Waals surface area (Å²) < 4.78 is 5.13. The quantitative estimate of drug-likeness (QED) is 0.143. The van der Waals surface area contributed by atoms with Crippen LogP contribution in [0.3, 0.4) is 0 Å². The lowest BCUT2D eigenvalue weighted by Gasteiger charge is -2.30. The molecule has 4 heteroatoms. The molecule has 0 spiro atoms. The molecular formula is C60H40N2S2. The highest BCUT2D eigenvalue weighted by Crippen LogP contribution is 2.49. The Morgan fingerprint density at radius 3 is 1.23 bits per heavy atom. The van der Waals surface area contributed by atoms with Crippen LogP contribution in [0.5, 0.6) is 0 Å². The van der Waals surface area contributed by atoms with E-state index in [4.69, 9.17) is 0 Å². The maximum Gasteiger partial charge on any atom is 0.0575 e. The summed E-state index contributed by atoms with van der Waals surface area (Å²) in [5.74, 6) is 0. The molecule has 2 heterocycles. The van der Waals surface area contributed by atoms with Gasteiger partial charge in [0.25, 0.3) is 0 Å². The van der Waals surface area contributed by atoms with Crippen molar-refractivity contribution in [2.24, 2.45) is 0 Å². The number of benzene rings is 10. The van der Waals surface area contributed by atoms with E-state index in [1.54, 1.807) is 0 Å². The lowest BCUT2D eigenvalue weighted by Crippen LogP contribution is -2.13. The van der Waals surface area contributed by atoms with Crippen LogP contribution in [0.4, 0.5) is 34.1 Å². The molecule has 0 aliphatic carbocycles. The van der Waals surface area contributed by atoms with Crippen LogP contribution in [0.15, 0.2) is 243 Å². The smallest absolute Gasteiger partial charge is 0.0575 e. The largest absolute Gasteiger partial charge is 0.310 e. The zero-order valence-corrected chi connectivity index (χ0v) is 36.4. The van der Waals surface area contributed by atoms with Gasteiger partial charge < -0.3 is 9.80 Å². The van der Waals surface area contributed by atoms with Crippen LogP contribution in [-0.2, 0) is 0 Å². The molecule has 0 atom stereocenters. The first kappa shape index (κ1) is 38.0. The minimum atomic E-state index is 1.09. The standard InChI is InChI=1S/C60H40N2S2/c1-4-14-41(15-5-1)43-24-31-48(32-25-43)61(49-33-28-45(29-34-49)46-30-37-53-52-20-10-12-22-56(52)63-58(53)38-46)51-39-55(60-54-21-11-13-23-57(54)64-59(60)40-51)62(47-18-8-3-9-19-47)50-35-26-44(27-36-50)42-16-6-2-7-17-42/h1-40H. The minimum absolute atomic E-state index is 1.09. The van der Waals surface area contributed by atoms with Crippen molar-refractivity contribution in [1.82, 2.24) is 0 Å². The molecule has 0 N–H and O–H groups in total. The average molecular weight is 853 g/mol. The fraction of sp³-hybridized carbons (Fsp3) is 0. The number of anilines is 6. The third-order valence-corrected chi connectivity index (χ3v) is 14.5. The minimum Gasteiger partial charge on any atom is -0.310 e. The number of hydrogen-bond donors (Lipinski definition) is 0. The van der Waals surface area contributed by atoms with Gasteiger partial charge >= 0.3 is 0 Å². The summed E-state index contributed by atoms with van der Waals surface area (Å²) in [6, 6.07) is 88.4. The number of rotatable bonds is 9. The monoisotopic (exact) mass is 852 g/mol. The van der Waals surface area contributed by atoms with Gasteiger partial charge in [-0.2, -0.15) is 0 Å². The molecule has 0 unspecified atom stereocenters. The summed E-state index contributed by atoms with van der Waals surface area (Å²) in [6.45, 7) is 0. The SMILES string of the molecule is c1ccc(-c2ccc(N(c3ccc(-c4ccc5c(c4)sc4ccccc45)cc3)c3cc(N(c4ccccc4)c4ccc(-c5ccccc5)cc4)c4c(c3)sc3ccccc34)cc2)cc1. The van der Waals surface area contributed by atoms with Crippen LogP contribution in [0.25, 0.3) is 73.7 Å². The van der Waals surface area contributed by atoms with E-state index in [0.29, 0.717) is 0 Å².